The van der Waals surface area contributed by atoms with Gasteiger partial charge in [0, 0.05) is 32.7 Å². The Labute approximate surface area is 227 Å². The number of ether oxygens (including phenoxy) is 2. The predicted octanol–water partition coefficient (Wildman–Crippen LogP) is 5.44. The predicted molar refractivity (Wildman–Crippen MR) is 127 cm³/mol. The maximum Gasteiger partial charge on any atom is 0.236 e. The molecule has 0 N–H and O–H groups in total. The minimum absolute atomic E-state index is 0. The number of benzene rings is 3. The van der Waals surface area contributed by atoms with E-state index in [1.165, 1.54) is 0 Å². The van der Waals surface area contributed by atoms with Crippen LogP contribution in [0.5, 0.6) is 23.0 Å². The van der Waals surface area contributed by atoms with Gasteiger partial charge < -0.3 is 27.9 Å². The number of para-hydroxylation sites is 2. The number of phosphoric acid groups is 1. The summed E-state index contributed by atoms with van der Waals surface area (Å²) < 4.78 is 31.2. The van der Waals surface area contributed by atoms with Crippen molar-refractivity contribution in [2.75, 3.05) is 34.3 Å². The molecule has 0 heterocycles. The van der Waals surface area contributed by atoms with Crippen molar-refractivity contribution in [3.63, 3.8) is 0 Å². The standard InChI is InChI=1S/C19H15O2.C6H16NO4P.Y/c1-15-12-18(20-16-8-4-2-5-9-16)14-19(13-15)21-17-10-6-3-7-11-17;1-7(2,3)5-6-11-12(8,9)10-4;/h2-14H,1H2;4-6H2,1-3H3,(H,8,9);/q-1;;/p-1. The molecule has 3 rings (SSSR count). The molecule has 34 heavy (non-hydrogen) atoms. The van der Waals surface area contributed by atoms with Crippen molar-refractivity contribution >= 4 is 7.82 Å². The fraction of sp³-hybridized carbons (Fsp3) is 0.200. The van der Waals surface area contributed by atoms with E-state index < -0.39 is 7.82 Å². The first-order chi connectivity index (χ1) is 15.6. The van der Waals surface area contributed by atoms with Gasteiger partial charge in [-0.2, -0.15) is 12.5 Å². The number of hydrogen-bond donors (Lipinski definition) is 0. The molecule has 0 amide bonds. The van der Waals surface area contributed by atoms with Crippen molar-refractivity contribution in [1.29, 1.82) is 0 Å². The third-order valence-electron chi connectivity index (χ3n) is 4.07. The SMILES string of the molecule is [CH2-]OP(=O)([O-])OCC[N+](C)(C)C.[CH2-]c1cc(Oc2ccccc2)cc(Oc2ccccc2)c1.[Y]. The van der Waals surface area contributed by atoms with Gasteiger partial charge in [-0.15, -0.1) is 12.1 Å². The molecular formula is C25H30NO6PY-2. The summed E-state index contributed by atoms with van der Waals surface area (Å²) in [6, 6.07) is 24.9. The molecule has 0 saturated heterocycles. The maximum absolute atomic E-state index is 10.6. The Bertz CT molecular complexity index is 969. The molecule has 9 heteroatoms. The van der Waals surface area contributed by atoms with E-state index in [1.807, 2.05) is 100 Å². The largest absolute Gasteiger partial charge is 0.758 e. The topological polar surface area (TPSA) is 77.1 Å². The molecule has 181 valence electrons. The number of rotatable bonds is 9. The third kappa shape index (κ3) is 12.7. The van der Waals surface area contributed by atoms with Gasteiger partial charge in [-0.1, -0.05) is 36.4 Å². The monoisotopic (exact) mass is 560 g/mol. The third-order valence-corrected chi connectivity index (χ3v) is 4.88. The summed E-state index contributed by atoms with van der Waals surface area (Å²) in [7, 11) is 4.44. The van der Waals surface area contributed by atoms with Crippen LogP contribution in [-0.2, 0) is 46.3 Å². The van der Waals surface area contributed by atoms with E-state index in [-0.39, 0.29) is 39.3 Å². The second kappa shape index (κ2) is 14.6. The number of hydrogen-bond acceptors (Lipinski definition) is 6. The first-order valence-electron chi connectivity index (χ1n) is 10.2. The van der Waals surface area contributed by atoms with E-state index in [4.69, 9.17) is 9.47 Å². The van der Waals surface area contributed by atoms with Gasteiger partial charge in [0.15, 0.2) is 0 Å². The Balaban J connectivity index is 0.000000386. The van der Waals surface area contributed by atoms with Crippen LogP contribution in [0.1, 0.15) is 5.56 Å². The fourth-order valence-corrected chi connectivity index (χ4v) is 2.84. The molecule has 0 spiro atoms. The van der Waals surface area contributed by atoms with Gasteiger partial charge in [0.05, 0.1) is 32.6 Å². The molecule has 7 nitrogen and oxygen atoms in total. The molecule has 1 atom stereocenters. The summed E-state index contributed by atoms with van der Waals surface area (Å²) in [5.41, 5.74) is 0.842. The van der Waals surface area contributed by atoms with Gasteiger partial charge in [-0.25, -0.2) is 7.11 Å². The zero-order chi connectivity index (χ0) is 24.3. The van der Waals surface area contributed by atoms with E-state index in [0.29, 0.717) is 22.5 Å². The van der Waals surface area contributed by atoms with E-state index >= 15 is 0 Å². The van der Waals surface area contributed by atoms with Crippen molar-refractivity contribution in [1.82, 2.24) is 0 Å². The minimum Gasteiger partial charge on any atom is -0.758 e. The Morgan fingerprint density at radius 2 is 1.26 bits per heavy atom. The molecule has 0 aliphatic carbocycles. The van der Waals surface area contributed by atoms with E-state index in [2.05, 4.69) is 23.1 Å². The van der Waals surface area contributed by atoms with Gasteiger partial charge in [0.1, 0.15) is 24.7 Å². The molecular weight excluding hydrogens is 530 g/mol. The fourth-order valence-electron chi connectivity index (χ4n) is 2.46. The van der Waals surface area contributed by atoms with Crippen LogP contribution in [0.3, 0.4) is 0 Å². The van der Waals surface area contributed by atoms with Crippen LogP contribution >= 0.6 is 7.82 Å². The molecule has 0 aromatic heterocycles. The van der Waals surface area contributed by atoms with Crippen LogP contribution in [0, 0.1) is 14.0 Å². The van der Waals surface area contributed by atoms with Crippen LogP contribution in [0.25, 0.3) is 0 Å². The van der Waals surface area contributed by atoms with Crippen LogP contribution in [-0.4, -0.2) is 38.8 Å². The number of nitrogens with zero attached hydrogens (tertiary/aromatic N) is 1. The summed E-state index contributed by atoms with van der Waals surface area (Å²) >= 11 is 0. The molecule has 0 aliphatic rings. The normalized spacial score (nSPS) is 12.4. The Morgan fingerprint density at radius 1 is 0.824 bits per heavy atom. The molecule has 0 bridgehead atoms. The van der Waals surface area contributed by atoms with Crippen molar-refractivity contribution in [3.05, 3.63) is 98.5 Å². The number of likely N-dealkylation sites (N-methyl/N-ethyl adjacent to an activating group) is 1. The molecule has 3 aromatic rings. The van der Waals surface area contributed by atoms with Crippen LogP contribution < -0.4 is 14.4 Å². The molecule has 1 radical (unpaired) electrons. The summed E-state index contributed by atoms with van der Waals surface area (Å²) in [4.78, 5) is 10.6. The Kier molecular flexibility index (Phi) is 13.1. The van der Waals surface area contributed by atoms with Crippen molar-refractivity contribution < 1.29 is 65.2 Å². The quantitative estimate of drug-likeness (QED) is 0.197. The first kappa shape index (κ1) is 30.3. The first-order valence-corrected chi connectivity index (χ1v) is 11.6. The van der Waals surface area contributed by atoms with Crippen molar-refractivity contribution in [2.45, 2.75) is 0 Å². The summed E-state index contributed by atoms with van der Waals surface area (Å²) in [6.45, 7) is 4.67. The van der Waals surface area contributed by atoms with Crippen molar-refractivity contribution in [2.24, 2.45) is 0 Å². The second-order valence-corrected chi connectivity index (χ2v) is 9.48. The summed E-state index contributed by atoms with van der Waals surface area (Å²) in [5, 5.41) is 0. The Hall–Kier alpha value is -1.70. The average Bonchev–Trinajstić information content (AvgIpc) is 2.74. The van der Waals surface area contributed by atoms with E-state index in [9.17, 15) is 9.46 Å². The van der Waals surface area contributed by atoms with Gasteiger partial charge >= 0.3 is 0 Å². The molecule has 3 aromatic carbocycles. The summed E-state index contributed by atoms with van der Waals surface area (Å²) in [6.07, 6.45) is 0. The van der Waals surface area contributed by atoms with E-state index in [1.54, 1.807) is 0 Å². The van der Waals surface area contributed by atoms with Crippen LogP contribution in [0.2, 0.25) is 0 Å². The molecule has 0 aliphatic heterocycles. The average molecular weight is 560 g/mol. The molecule has 1 unspecified atom stereocenters. The number of quaternary nitrogens is 1. The molecule has 0 fully saturated rings. The maximum atomic E-state index is 10.6. The summed E-state index contributed by atoms with van der Waals surface area (Å²) in [5.74, 6) is 2.99. The van der Waals surface area contributed by atoms with Gasteiger partial charge in [0.2, 0.25) is 7.82 Å². The zero-order valence-corrected chi connectivity index (χ0v) is 23.5. The number of phosphoric ester groups is 1. The van der Waals surface area contributed by atoms with Gasteiger partial charge in [-0.3, -0.25) is 4.57 Å². The molecule has 0 saturated carbocycles. The van der Waals surface area contributed by atoms with Crippen LogP contribution in [0.15, 0.2) is 78.9 Å². The van der Waals surface area contributed by atoms with Gasteiger partial charge in [0.25, 0.3) is 0 Å². The van der Waals surface area contributed by atoms with E-state index in [0.717, 1.165) is 17.1 Å². The minimum atomic E-state index is -4.13. The van der Waals surface area contributed by atoms with Crippen LogP contribution in [0.4, 0.5) is 0 Å². The van der Waals surface area contributed by atoms with Crippen molar-refractivity contribution in [3.8, 4) is 23.0 Å². The Morgan fingerprint density at radius 3 is 1.65 bits per heavy atom. The zero-order valence-electron chi connectivity index (χ0n) is 19.8. The smallest absolute Gasteiger partial charge is 0.236 e. The second-order valence-electron chi connectivity index (χ2n) is 8.07. The van der Waals surface area contributed by atoms with Gasteiger partial charge in [-0.05, 0) is 30.3 Å².